The van der Waals surface area contributed by atoms with Crippen molar-refractivity contribution in [3.05, 3.63) is 33.4 Å². The van der Waals surface area contributed by atoms with Gasteiger partial charge in [-0.2, -0.15) is 9.97 Å². The maximum Gasteiger partial charge on any atom is 0.325 e. The maximum absolute atomic E-state index is 12.3. The number of ether oxygens (including phenoxy) is 2. The summed E-state index contributed by atoms with van der Waals surface area (Å²) in [4.78, 5) is 56.5. The predicted octanol–water partition coefficient (Wildman–Crippen LogP) is -1.88. The third-order valence-electron chi connectivity index (χ3n) is 7.38. The summed E-state index contributed by atoms with van der Waals surface area (Å²) < 4.78 is 37.7. The van der Waals surface area contributed by atoms with Crippen LogP contribution in [0.4, 0.5) is 11.9 Å². The number of imidazole rings is 2. The van der Waals surface area contributed by atoms with E-state index < -0.39 is 85.8 Å². The number of thiol groups is 1. The summed E-state index contributed by atoms with van der Waals surface area (Å²) in [6, 6.07) is 0. The van der Waals surface area contributed by atoms with Crippen molar-refractivity contribution in [1.29, 1.82) is 0 Å². The number of nitrogens with zero attached hydrogens (tertiary/aromatic N) is 6. The number of aromatic nitrogens is 8. The quantitative estimate of drug-likeness (QED) is 0.0825. The minimum atomic E-state index is -4.17. The van der Waals surface area contributed by atoms with Crippen molar-refractivity contribution in [2.75, 3.05) is 24.7 Å². The first-order valence-electron chi connectivity index (χ1n) is 13.1. The molecule has 0 bridgehead atoms. The molecule has 3 fully saturated rings. The third-order valence-corrected chi connectivity index (χ3v) is 11.1. The van der Waals surface area contributed by atoms with Crippen LogP contribution in [0.25, 0.3) is 22.3 Å². The number of hydrogen-bond acceptors (Lipinski definition) is 18. The number of aromatic amines is 2. The zero-order valence-corrected chi connectivity index (χ0v) is 27.1. The molecule has 3 aliphatic heterocycles. The molecule has 248 valence electrons. The van der Waals surface area contributed by atoms with Crippen molar-refractivity contribution in [3.8, 4) is 0 Å². The van der Waals surface area contributed by atoms with Crippen molar-refractivity contribution in [1.82, 2.24) is 39.0 Å². The van der Waals surface area contributed by atoms with Crippen molar-refractivity contribution >= 4 is 82.5 Å². The lowest BCUT2D eigenvalue weighted by Gasteiger charge is -2.30. The van der Waals surface area contributed by atoms with Gasteiger partial charge in [0, 0.05) is 0 Å². The van der Waals surface area contributed by atoms with Crippen LogP contribution in [0.2, 0.25) is 0 Å². The standard InChI is InChI=1S/C20H24N10O11P2S3/c21-19-25-13-7(15(33)27-19)23-3-29(13)17-9(31)11-6(39-17)2-37-43(45,46)41-12-5(1-36-42(35,44)40-11)38-18(10(12)32)30-4-24-8-14(30)26-20(22)28-16(8)34/h3-6,9-12,17-18,31-32H,1-2H2,(H,35,44)(H,45,46)(H3,21,25,27,33)(H3,22,26,28,34). The van der Waals surface area contributed by atoms with Crippen molar-refractivity contribution < 1.29 is 42.7 Å². The highest BCUT2D eigenvalue weighted by atomic mass is 32.9. The molecule has 0 saturated carbocycles. The second kappa shape index (κ2) is 11.6. The number of anilines is 2. The van der Waals surface area contributed by atoms with Crippen LogP contribution in [0.15, 0.2) is 22.2 Å². The molecule has 0 aromatic carbocycles. The van der Waals surface area contributed by atoms with Crippen LogP contribution < -0.4 is 22.6 Å². The number of aliphatic hydroxyl groups excluding tert-OH is 2. The average molecular weight is 739 g/mol. The molecule has 26 heteroatoms. The molecule has 21 nitrogen and oxygen atoms in total. The van der Waals surface area contributed by atoms with Crippen LogP contribution in [-0.2, 0) is 51.2 Å². The van der Waals surface area contributed by atoms with E-state index in [4.69, 9.17) is 62.6 Å². The highest BCUT2D eigenvalue weighted by molar-refractivity contribution is 8.60. The van der Waals surface area contributed by atoms with E-state index in [1.807, 2.05) is 0 Å². The number of hydrogen-bond donors (Lipinski definition) is 8. The van der Waals surface area contributed by atoms with Gasteiger partial charge in [-0.25, -0.2) is 9.97 Å². The molecule has 10 atom stereocenters. The first-order chi connectivity index (χ1) is 21.7. The highest BCUT2D eigenvalue weighted by Crippen LogP contribution is 2.58. The zero-order valence-electron chi connectivity index (χ0n) is 22.8. The molecule has 0 amide bonds. The number of nitrogens with one attached hydrogen (secondary N) is 2. The van der Waals surface area contributed by atoms with Crippen LogP contribution in [0.3, 0.4) is 0 Å². The Bertz CT molecular complexity index is 1910. The summed E-state index contributed by atoms with van der Waals surface area (Å²) in [5.74, 6) is -0.389. The highest BCUT2D eigenvalue weighted by Gasteiger charge is 2.52. The van der Waals surface area contributed by atoms with E-state index in [2.05, 4.69) is 42.2 Å². The Kier molecular flexibility index (Phi) is 8.13. The van der Waals surface area contributed by atoms with Crippen LogP contribution in [0.5, 0.6) is 0 Å². The van der Waals surface area contributed by atoms with E-state index in [0.717, 1.165) is 0 Å². The summed E-state index contributed by atoms with van der Waals surface area (Å²) in [6.07, 6.45) is -7.99. The zero-order chi connectivity index (χ0) is 32.7. The van der Waals surface area contributed by atoms with Gasteiger partial charge >= 0.3 is 6.72 Å². The lowest BCUT2D eigenvalue weighted by Crippen LogP contribution is -2.38. The summed E-state index contributed by atoms with van der Waals surface area (Å²) >= 11 is 15.2. The van der Waals surface area contributed by atoms with Gasteiger partial charge in [0.15, 0.2) is 34.8 Å². The van der Waals surface area contributed by atoms with Crippen molar-refractivity contribution in [2.24, 2.45) is 0 Å². The molecule has 4 aromatic heterocycles. The first-order valence-corrected chi connectivity index (χ1v) is 19.5. The van der Waals surface area contributed by atoms with E-state index in [9.17, 15) is 24.7 Å². The van der Waals surface area contributed by atoms with E-state index in [1.54, 1.807) is 0 Å². The molecule has 0 aliphatic carbocycles. The van der Waals surface area contributed by atoms with Gasteiger partial charge in [-0.05, 0) is 23.6 Å². The molecule has 0 radical (unpaired) electrons. The molecule has 10 unspecified atom stereocenters. The first kappa shape index (κ1) is 32.2. The number of nitrogens with two attached hydrogens (primary N) is 2. The van der Waals surface area contributed by atoms with E-state index in [-0.39, 0.29) is 34.2 Å². The third kappa shape index (κ3) is 5.71. The average Bonchev–Trinajstić information content (AvgIpc) is 3.72. The van der Waals surface area contributed by atoms with E-state index in [1.165, 1.54) is 21.8 Å². The van der Waals surface area contributed by atoms with Crippen LogP contribution in [0, 0.1) is 0 Å². The number of rotatable bonds is 2. The summed E-state index contributed by atoms with van der Waals surface area (Å²) in [5, 5.41) is 22.6. The molecule has 0 spiro atoms. The summed E-state index contributed by atoms with van der Waals surface area (Å²) in [6.45, 7) is -5.06. The maximum atomic E-state index is 12.3. The number of fused-ring (bicyclic) bond motifs is 4. The molecular weight excluding hydrogens is 714 g/mol. The molecule has 7 rings (SSSR count). The van der Waals surface area contributed by atoms with Crippen LogP contribution >= 0.6 is 24.7 Å². The Labute approximate surface area is 270 Å². The SMILES string of the molecule is Nc1nc2c(ncn2C2OC3COP(=S)(S)OC4C(COP(O)(=S)OC3C2O)OC(n2cnc3c(=O)[nH]c(N)nc32)C4O)c(=O)[nH]1. The number of H-pyrrole nitrogens is 2. The smallest absolute Gasteiger partial charge is 0.325 e. The Morgan fingerprint density at radius 1 is 0.848 bits per heavy atom. The Balaban J connectivity index is 1.18. The number of nitrogen functional groups attached to an aromatic ring is 2. The van der Waals surface area contributed by atoms with E-state index in [0.29, 0.717) is 0 Å². The Hall–Kier alpha value is -2.41. The summed E-state index contributed by atoms with van der Waals surface area (Å²) in [7, 11) is 0. The molecule has 7 heterocycles. The van der Waals surface area contributed by atoms with Gasteiger partial charge in [0.05, 0.1) is 25.9 Å². The van der Waals surface area contributed by atoms with E-state index >= 15 is 0 Å². The topological polar surface area (TPSA) is 295 Å². The van der Waals surface area contributed by atoms with Gasteiger partial charge < -0.3 is 49.6 Å². The minimum Gasteiger partial charge on any atom is -0.386 e. The van der Waals surface area contributed by atoms with Gasteiger partial charge in [0.25, 0.3) is 11.1 Å². The molecule has 4 aromatic rings. The Morgan fingerprint density at radius 3 is 1.80 bits per heavy atom. The Morgan fingerprint density at radius 2 is 1.30 bits per heavy atom. The lowest BCUT2D eigenvalue weighted by atomic mass is 10.1. The van der Waals surface area contributed by atoms with Gasteiger partial charge in [-0.15, -0.1) is 0 Å². The number of aliphatic hydroxyl groups is 2. The fourth-order valence-electron chi connectivity index (χ4n) is 5.39. The van der Waals surface area contributed by atoms with Crippen LogP contribution in [-0.4, -0.2) is 104 Å². The monoisotopic (exact) mass is 738 g/mol. The van der Waals surface area contributed by atoms with Crippen molar-refractivity contribution in [2.45, 2.75) is 49.1 Å². The fourth-order valence-corrected chi connectivity index (χ4v) is 8.81. The molecule has 46 heavy (non-hydrogen) atoms. The molecule has 3 aliphatic rings. The minimum absolute atomic E-state index is 0.00698. The van der Waals surface area contributed by atoms with Gasteiger partial charge in [-0.1, -0.05) is 12.2 Å². The molecule has 9 N–H and O–H groups in total. The van der Waals surface area contributed by atoms with Crippen LogP contribution in [0.1, 0.15) is 12.5 Å². The van der Waals surface area contributed by atoms with Gasteiger partial charge in [0.2, 0.25) is 17.6 Å². The second-order valence-electron chi connectivity index (χ2n) is 10.3. The largest absolute Gasteiger partial charge is 0.386 e. The lowest BCUT2D eigenvalue weighted by molar-refractivity contribution is -0.0561. The van der Waals surface area contributed by atoms with Crippen molar-refractivity contribution in [3.63, 3.8) is 0 Å². The molecule has 3 saturated heterocycles. The normalized spacial score (nSPS) is 37.1. The molecular formula is C20H24N10O11P2S3. The fraction of sp³-hybridized carbons (Fsp3) is 0.500. The van der Waals surface area contributed by atoms with Gasteiger partial charge in [-0.3, -0.25) is 33.2 Å². The van der Waals surface area contributed by atoms with Gasteiger partial charge in [0.1, 0.15) is 36.6 Å². The predicted molar refractivity (Wildman–Crippen MR) is 166 cm³/mol. The second-order valence-corrected chi connectivity index (χ2v) is 18.4. The summed E-state index contributed by atoms with van der Waals surface area (Å²) in [5.41, 5.74) is 6.55.